The molecule has 2 heterocycles. The number of halogens is 1. The van der Waals surface area contributed by atoms with Crippen molar-refractivity contribution in [3.8, 4) is 11.1 Å². The lowest BCUT2D eigenvalue weighted by Crippen LogP contribution is -1.92. The predicted molar refractivity (Wildman–Crippen MR) is 61.2 cm³/mol. The van der Waals surface area contributed by atoms with Crippen LogP contribution in [0.3, 0.4) is 0 Å². The molecule has 0 radical (unpaired) electrons. The Labute approximate surface area is 96.5 Å². The topological polar surface area (TPSA) is 43.1 Å². The molecule has 0 aliphatic heterocycles. The van der Waals surface area contributed by atoms with Crippen LogP contribution in [0.1, 0.15) is 0 Å². The third-order valence-electron chi connectivity index (χ3n) is 2.32. The average Bonchev–Trinajstić information content (AvgIpc) is 2.76. The van der Waals surface area contributed by atoms with Gasteiger partial charge in [-0.25, -0.2) is 9.50 Å². The third-order valence-corrected chi connectivity index (χ3v) is 2.65. The third kappa shape index (κ3) is 1.44. The van der Waals surface area contributed by atoms with Crippen molar-refractivity contribution in [3.63, 3.8) is 0 Å². The average molecular weight is 231 g/mol. The lowest BCUT2D eigenvalue weighted by atomic mass is 10.1. The number of fused-ring (bicyclic) bond motifs is 1. The van der Waals surface area contributed by atoms with Gasteiger partial charge in [0.15, 0.2) is 0 Å². The number of benzene rings is 1. The Morgan fingerprint density at radius 1 is 1.12 bits per heavy atom. The van der Waals surface area contributed by atoms with Crippen LogP contribution in [0.25, 0.3) is 16.9 Å². The number of rotatable bonds is 1. The Bertz CT molecular complexity index is 647. The first-order valence-corrected chi connectivity index (χ1v) is 5.13. The van der Waals surface area contributed by atoms with E-state index in [4.69, 9.17) is 11.6 Å². The van der Waals surface area contributed by atoms with Gasteiger partial charge in [0, 0.05) is 28.5 Å². The SMILES string of the molecule is Clc1ccccc1-c1cnc2ncnn2c1. The molecular weight excluding hydrogens is 224 g/mol. The molecule has 0 unspecified atom stereocenters. The Morgan fingerprint density at radius 3 is 2.88 bits per heavy atom. The maximum Gasteiger partial charge on any atom is 0.252 e. The fourth-order valence-electron chi connectivity index (χ4n) is 1.55. The number of aromatic nitrogens is 4. The maximum atomic E-state index is 6.11. The first-order chi connectivity index (χ1) is 7.84. The summed E-state index contributed by atoms with van der Waals surface area (Å²) in [7, 11) is 0. The van der Waals surface area contributed by atoms with Crippen molar-refractivity contribution in [2.75, 3.05) is 0 Å². The van der Waals surface area contributed by atoms with Gasteiger partial charge in [-0.15, -0.1) is 0 Å². The number of hydrogen-bond acceptors (Lipinski definition) is 3. The van der Waals surface area contributed by atoms with E-state index in [1.165, 1.54) is 6.33 Å². The molecule has 1 aromatic carbocycles. The molecule has 0 aliphatic carbocycles. The lowest BCUT2D eigenvalue weighted by Gasteiger charge is -2.03. The van der Waals surface area contributed by atoms with Crippen molar-refractivity contribution < 1.29 is 0 Å². The molecule has 0 amide bonds. The van der Waals surface area contributed by atoms with Gasteiger partial charge >= 0.3 is 0 Å². The van der Waals surface area contributed by atoms with Gasteiger partial charge in [0.05, 0.1) is 0 Å². The van der Waals surface area contributed by atoms with Gasteiger partial charge in [0.1, 0.15) is 6.33 Å². The molecule has 0 saturated heterocycles. The molecule has 0 fully saturated rings. The van der Waals surface area contributed by atoms with Crippen molar-refractivity contribution in [1.29, 1.82) is 0 Å². The Hall–Kier alpha value is -1.94. The van der Waals surface area contributed by atoms with Gasteiger partial charge in [0.25, 0.3) is 5.78 Å². The summed E-state index contributed by atoms with van der Waals surface area (Å²) in [6.07, 6.45) is 5.07. The predicted octanol–water partition coefficient (Wildman–Crippen LogP) is 2.44. The highest BCUT2D eigenvalue weighted by atomic mass is 35.5. The normalized spacial score (nSPS) is 10.8. The Morgan fingerprint density at radius 2 is 2.00 bits per heavy atom. The van der Waals surface area contributed by atoms with Gasteiger partial charge in [-0.05, 0) is 6.07 Å². The summed E-state index contributed by atoms with van der Waals surface area (Å²) in [5.74, 6) is 0.579. The molecule has 2 aromatic heterocycles. The van der Waals surface area contributed by atoms with Crippen LogP contribution in [0.5, 0.6) is 0 Å². The van der Waals surface area contributed by atoms with Crippen LogP contribution in [-0.2, 0) is 0 Å². The summed E-state index contributed by atoms with van der Waals surface area (Å²) >= 11 is 6.11. The van der Waals surface area contributed by atoms with Crippen LogP contribution in [0, 0.1) is 0 Å². The van der Waals surface area contributed by atoms with Crippen molar-refractivity contribution in [3.05, 3.63) is 48.0 Å². The molecule has 3 aromatic rings. The summed E-state index contributed by atoms with van der Waals surface area (Å²) in [5.41, 5.74) is 1.86. The van der Waals surface area contributed by atoms with E-state index in [9.17, 15) is 0 Å². The van der Waals surface area contributed by atoms with E-state index in [0.29, 0.717) is 10.8 Å². The lowest BCUT2D eigenvalue weighted by molar-refractivity contribution is 0.941. The van der Waals surface area contributed by atoms with E-state index in [1.807, 2.05) is 30.5 Å². The molecule has 5 heteroatoms. The van der Waals surface area contributed by atoms with Gasteiger partial charge < -0.3 is 0 Å². The molecule has 3 rings (SSSR count). The van der Waals surface area contributed by atoms with E-state index in [1.54, 1.807) is 10.7 Å². The zero-order valence-corrected chi connectivity index (χ0v) is 8.96. The first-order valence-electron chi connectivity index (χ1n) is 4.75. The molecule has 78 valence electrons. The summed E-state index contributed by atoms with van der Waals surface area (Å²) < 4.78 is 1.62. The maximum absolute atomic E-state index is 6.11. The molecule has 0 saturated carbocycles. The minimum absolute atomic E-state index is 0.579. The summed E-state index contributed by atoms with van der Waals surface area (Å²) in [5, 5.41) is 4.73. The van der Waals surface area contributed by atoms with E-state index < -0.39 is 0 Å². The van der Waals surface area contributed by atoms with Gasteiger partial charge in [0.2, 0.25) is 0 Å². The van der Waals surface area contributed by atoms with Crippen molar-refractivity contribution in [1.82, 2.24) is 19.6 Å². The second kappa shape index (κ2) is 3.57. The van der Waals surface area contributed by atoms with Gasteiger partial charge in [-0.3, -0.25) is 0 Å². The fourth-order valence-corrected chi connectivity index (χ4v) is 1.80. The molecule has 0 spiro atoms. The molecule has 0 atom stereocenters. The minimum Gasteiger partial charge on any atom is -0.219 e. The number of nitrogens with zero attached hydrogens (tertiary/aromatic N) is 4. The standard InChI is InChI=1S/C11H7ClN4/c12-10-4-2-1-3-9(10)8-5-13-11-14-7-15-16(11)6-8/h1-7H. The zero-order valence-electron chi connectivity index (χ0n) is 8.21. The van der Waals surface area contributed by atoms with Gasteiger partial charge in [-0.2, -0.15) is 10.1 Å². The van der Waals surface area contributed by atoms with Crippen molar-refractivity contribution in [2.45, 2.75) is 0 Å². The zero-order chi connectivity index (χ0) is 11.0. The minimum atomic E-state index is 0.579. The van der Waals surface area contributed by atoms with Crippen LogP contribution in [0.15, 0.2) is 43.0 Å². The second-order valence-corrected chi connectivity index (χ2v) is 3.73. The second-order valence-electron chi connectivity index (χ2n) is 3.33. The van der Waals surface area contributed by atoms with Gasteiger partial charge in [-0.1, -0.05) is 29.8 Å². The Balaban J connectivity index is 2.22. The first kappa shape index (κ1) is 9.30. The van der Waals surface area contributed by atoms with Crippen LogP contribution in [-0.4, -0.2) is 19.6 Å². The molecule has 0 N–H and O–H groups in total. The van der Waals surface area contributed by atoms with E-state index in [-0.39, 0.29) is 0 Å². The summed E-state index contributed by atoms with van der Waals surface area (Å²) in [6, 6.07) is 7.63. The monoisotopic (exact) mass is 230 g/mol. The highest BCUT2D eigenvalue weighted by Crippen LogP contribution is 2.26. The molecule has 0 bridgehead atoms. The highest BCUT2D eigenvalue weighted by Gasteiger charge is 2.04. The molecule has 0 aliphatic rings. The Kier molecular flexibility index (Phi) is 2.08. The van der Waals surface area contributed by atoms with Crippen LogP contribution in [0.4, 0.5) is 0 Å². The molecule has 16 heavy (non-hydrogen) atoms. The highest BCUT2D eigenvalue weighted by molar-refractivity contribution is 6.33. The summed E-state index contributed by atoms with van der Waals surface area (Å²) in [6.45, 7) is 0. The molecular formula is C11H7ClN4. The van der Waals surface area contributed by atoms with E-state index in [2.05, 4.69) is 15.1 Å². The van der Waals surface area contributed by atoms with Crippen LogP contribution in [0.2, 0.25) is 5.02 Å². The quantitative estimate of drug-likeness (QED) is 0.645. The smallest absolute Gasteiger partial charge is 0.219 e. The number of hydrogen-bond donors (Lipinski definition) is 0. The van der Waals surface area contributed by atoms with E-state index >= 15 is 0 Å². The van der Waals surface area contributed by atoms with Crippen molar-refractivity contribution >= 4 is 17.4 Å². The largest absolute Gasteiger partial charge is 0.252 e. The van der Waals surface area contributed by atoms with Crippen molar-refractivity contribution in [2.24, 2.45) is 0 Å². The van der Waals surface area contributed by atoms with E-state index in [0.717, 1.165) is 11.1 Å². The fraction of sp³-hybridized carbons (Fsp3) is 0. The molecule has 4 nitrogen and oxygen atoms in total. The van der Waals surface area contributed by atoms with Crippen LogP contribution >= 0.6 is 11.6 Å². The van der Waals surface area contributed by atoms with Crippen LogP contribution < -0.4 is 0 Å². The summed E-state index contributed by atoms with van der Waals surface area (Å²) in [4.78, 5) is 8.17.